The number of benzene rings is 2. The lowest BCUT2D eigenvalue weighted by Gasteiger charge is -2.35. The van der Waals surface area contributed by atoms with E-state index in [1.807, 2.05) is 70.5 Å². The topological polar surface area (TPSA) is 206 Å². The van der Waals surface area contributed by atoms with Gasteiger partial charge in [-0.05, 0) is 85.7 Å². The number of urea groups is 1. The van der Waals surface area contributed by atoms with Gasteiger partial charge in [-0.1, -0.05) is 63.9 Å². The Morgan fingerprint density at radius 2 is 1.63 bits per heavy atom. The monoisotopic (exact) mass is 929 g/mol. The van der Waals surface area contributed by atoms with E-state index >= 15 is 0 Å². The van der Waals surface area contributed by atoms with Crippen molar-refractivity contribution in [1.29, 1.82) is 0 Å². The number of pyridine rings is 1. The molecule has 65 heavy (non-hydrogen) atoms. The second-order valence-corrected chi connectivity index (χ2v) is 20.8. The number of hydrogen-bond acceptors (Lipinski definition) is 11. The number of amides is 5. The highest BCUT2D eigenvalue weighted by Gasteiger charge is 2.44. The average molecular weight is 930 g/mol. The van der Waals surface area contributed by atoms with E-state index in [2.05, 4.69) is 36.1 Å². The first-order chi connectivity index (χ1) is 31.0. The summed E-state index contributed by atoms with van der Waals surface area (Å²) in [5.74, 6) is -0.986. The highest BCUT2D eigenvalue weighted by Crippen LogP contribution is 2.30. The van der Waals surface area contributed by atoms with Gasteiger partial charge in [-0.25, -0.2) is 18.2 Å². The summed E-state index contributed by atoms with van der Waals surface area (Å²) in [6.07, 6.45) is 6.08. The normalized spacial score (nSPS) is 18.2. The van der Waals surface area contributed by atoms with Crippen molar-refractivity contribution in [3.8, 4) is 10.4 Å². The van der Waals surface area contributed by atoms with Crippen LogP contribution in [0.25, 0.3) is 10.4 Å². The molecular formula is C47H63N9O7S2. The van der Waals surface area contributed by atoms with Gasteiger partial charge in [-0.15, -0.1) is 11.3 Å². The zero-order valence-corrected chi connectivity index (χ0v) is 39.6. The molecule has 2 fully saturated rings. The first-order valence-electron chi connectivity index (χ1n) is 22.3. The number of carbonyl (C=O) groups excluding carboxylic acids is 4. The second-order valence-electron chi connectivity index (χ2n) is 18.0. The van der Waals surface area contributed by atoms with Crippen LogP contribution in [0.3, 0.4) is 0 Å². The summed E-state index contributed by atoms with van der Waals surface area (Å²) in [5.41, 5.74) is 5.42. The second kappa shape index (κ2) is 22.3. The van der Waals surface area contributed by atoms with Crippen molar-refractivity contribution in [3.05, 3.63) is 95.4 Å². The summed E-state index contributed by atoms with van der Waals surface area (Å²) < 4.78 is 28.3. The van der Waals surface area contributed by atoms with Gasteiger partial charge >= 0.3 is 6.03 Å². The minimum atomic E-state index is -3.70. The third kappa shape index (κ3) is 13.4. The van der Waals surface area contributed by atoms with Gasteiger partial charge in [-0.2, -0.15) is 4.31 Å². The third-order valence-corrected chi connectivity index (χ3v) is 14.8. The molecule has 0 unspecified atom stereocenters. The molecule has 2 aliphatic heterocycles. The minimum absolute atomic E-state index is 0.00468. The van der Waals surface area contributed by atoms with E-state index in [1.54, 1.807) is 41.9 Å². The molecule has 6 rings (SSSR count). The van der Waals surface area contributed by atoms with Gasteiger partial charge in [0.25, 0.3) is 0 Å². The Hall–Kier alpha value is -5.27. The van der Waals surface area contributed by atoms with Gasteiger partial charge in [0, 0.05) is 70.2 Å². The summed E-state index contributed by atoms with van der Waals surface area (Å²) in [7, 11) is -3.70. The number of anilines is 1. The van der Waals surface area contributed by atoms with Crippen molar-refractivity contribution in [3.63, 3.8) is 0 Å². The maximum Gasteiger partial charge on any atom is 0.319 e. The number of aromatic nitrogens is 2. The Morgan fingerprint density at radius 3 is 2.28 bits per heavy atom. The number of hydrogen-bond donors (Lipinski definition) is 5. The molecule has 5 amide bonds. The molecule has 350 valence electrons. The van der Waals surface area contributed by atoms with Crippen LogP contribution in [0, 0.1) is 12.3 Å². The number of aryl methyl sites for hydroxylation is 1. The van der Waals surface area contributed by atoms with Gasteiger partial charge in [0.05, 0.1) is 33.1 Å². The smallest absolute Gasteiger partial charge is 0.319 e. The van der Waals surface area contributed by atoms with E-state index in [0.717, 1.165) is 53.1 Å². The largest absolute Gasteiger partial charge is 0.391 e. The number of nitrogens with zero attached hydrogens (tertiary/aromatic N) is 5. The highest BCUT2D eigenvalue weighted by molar-refractivity contribution is 7.89. The molecule has 4 atom stereocenters. The van der Waals surface area contributed by atoms with Gasteiger partial charge < -0.3 is 36.2 Å². The number of nitrogens with one attached hydrogen (secondary N) is 4. The van der Waals surface area contributed by atoms with Crippen LogP contribution in [-0.4, -0.2) is 119 Å². The van der Waals surface area contributed by atoms with Crippen LogP contribution in [0.2, 0.25) is 0 Å². The Labute approximate surface area is 386 Å². The van der Waals surface area contributed by atoms with Crippen LogP contribution in [-0.2, 0) is 31.0 Å². The van der Waals surface area contributed by atoms with E-state index in [0.29, 0.717) is 44.8 Å². The highest BCUT2D eigenvalue weighted by atomic mass is 32.2. The first kappa shape index (κ1) is 49.2. The summed E-state index contributed by atoms with van der Waals surface area (Å²) in [5, 5.41) is 22.1. The first-order valence-corrected chi connectivity index (χ1v) is 24.7. The number of β-amino-alcohol motifs (C(OH)–C–C–N with tert-alkyl or cyclic N) is 1. The van der Waals surface area contributed by atoms with Crippen LogP contribution >= 0.6 is 11.3 Å². The van der Waals surface area contributed by atoms with E-state index in [4.69, 9.17) is 0 Å². The Kier molecular flexibility index (Phi) is 16.9. The molecule has 2 saturated heterocycles. The molecule has 0 bridgehead atoms. The number of likely N-dealkylation sites (tertiary alicyclic amines) is 1. The van der Waals surface area contributed by atoms with Crippen LogP contribution in [0.1, 0.15) is 89.1 Å². The average Bonchev–Trinajstić information content (AvgIpc) is 3.91. The van der Waals surface area contributed by atoms with Crippen molar-refractivity contribution in [2.45, 2.75) is 109 Å². The number of aliphatic hydroxyl groups is 1. The molecule has 16 nitrogen and oxygen atoms in total. The van der Waals surface area contributed by atoms with Gasteiger partial charge in [0.15, 0.2) is 0 Å². The third-order valence-electron chi connectivity index (χ3n) is 11.9. The zero-order chi connectivity index (χ0) is 46.7. The molecule has 0 saturated carbocycles. The summed E-state index contributed by atoms with van der Waals surface area (Å²) >= 11 is 1.58. The zero-order valence-electron chi connectivity index (χ0n) is 38.0. The molecule has 0 spiro atoms. The quantitative estimate of drug-likeness (QED) is 0.0797. The Bertz CT molecular complexity index is 2330. The molecule has 0 aliphatic carbocycles. The number of rotatable bonds is 18. The number of aliphatic hydroxyl groups excluding tert-OH is 1. The predicted molar refractivity (Wildman–Crippen MR) is 251 cm³/mol. The molecule has 2 aromatic heterocycles. The van der Waals surface area contributed by atoms with E-state index in [1.165, 1.54) is 21.3 Å². The summed E-state index contributed by atoms with van der Waals surface area (Å²) in [4.78, 5) is 66.6. The van der Waals surface area contributed by atoms with Crippen molar-refractivity contribution in [1.82, 2.24) is 40.0 Å². The van der Waals surface area contributed by atoms with Crippen molar-refractivity contribution >= 4 is 50.8 Å². The van der Waals surface area contributed by atoms with Crippen molar-refractivity contribution in [2.24, 2.45) is 5.41 Å². The van der Waals surface area contributed by atoms with Gasteiger partial charge in [-0.3, -0.25) is 19.4 Å². The van der Waals surface area contributed by atoms with Crippen molar-refractivity contribution < 1.29 is 32.7 Å². The van der Waals surface area contributed by atoms with E-state index in [9.17, 15) is 32.7 Å². The standard InChI is InChI=1S/C47H63N9O7S2/c1-32(35-13-15-36(16-14-35)42-33(2)50-31-64-42)51-44(59)40-27-38(57)30-56(40)45(60)43(47(3,4)5)53-41(58)12-8-6-7-9-22-54-23-25-55(26-24-54)65(62,63)39-19-17-37(18-20-39)52-46(61)49-29-34-11-10-21-48-28-34/h10-11,13-21,28,31-32,38,40,43,57H,6-9,12,22-27,29-30H2,1-5H3,(H,51,59)(H,53,58)(H2,49,52,61)/t32-,38+,40-,43+/m0/s1. The molecule has 5 N–H and O–H groups in total. The molecule has 2 aromatic carbocycles. The lowest BCUT2D eigenvalue weighted by Crippen LogP contribution is -2.57. The predicted octanol–water partition coefficient (Wildman–Crippen LogP) is 5.46. The lowest BCUT2D eigenvalue weighted by molar-refractivity contribution is -0.144. The number of carbonyl (C=O) groups is 4. The Balaban J connectivity index is 0.888. The molecule has 4 aromatic rings. The fourth-order valence-corrected chi connectivity index (χ4v) is 10.4. The maximum absolute atomic E-state index is 14.1. The van der Waals surface area contributed by atoms with Crippen LogP contribution in [0.4, 0.5) is 10.5 Å². The molecule has 4 heterocycles. The van der Waals surface area contributed by atoms with Gasteiger partial charge in [0.2, 0.25) is 27.7 Å². The maximum atomic E-state index is 14.1. The molecule has 2 aliphatic rings. The Morgan fingerprint density at radius 1 is 0.923 bits per heavy atom. The van der Waals surface area contributed by atoms with Crippen LogP contribution < -0.4 is 21.3 Å². The molecule has 18 heteroatoms. The fraction of sp³-hybridized carbons (Fsp3) is 0.489. The van der Waals surface area contributed by atoms with E-state index < -0.39 is 45.6 Å². The summed E-state index contributed by atoms with van der Waals surface area (Å²) in [6, 6.07) is 15.2. The van der Waals surface area contributed by atoms with E-state index in [-0.39, 0.29) is 42.1 Å². The number of piperazine rings is 1. The van der Waals surface area contributed by atoms with Crippen molar-refractivity contribution in [2.75, 3.05) is 44.6 Å². The SMILES string of the molecule is Cc1ncsc1-c1ccc([C@H](C)NC(=O)[C@@H]2C[C@@H](O)CN2C(=O)[C@@H](NC(=O)CCCCCCN2CCN(S(=O)(=O)c3ccc(NC(=O)NCc4cccnc4)cc3)CC2)C(C)(C)C)cc1. The molecular weight excluding hydrogens is 867 g/mol. The van der Waals surface area contributed by atoms with Crippen LogP contribution in [0.15, 0.2) is 83.5 Å². The lowest BCUT2D eigenvalue weighted by atomic mass is 9.85. The number of unbranched alkanes of at least 4 members (excludes halogenated alkanes) is 3. The van der Waals surface area contributed by atoms with Crippen LogP contribution in [0.5, 0.6) is 0 Å². The fourth-order valence-electron chi connectivity index (χ4n) is 8.14. The van der Waals surface area contributed by atoms with Gasteiger partial charge in [0.1, 0.15) is 12.1 Å². The summed E-state index contributed by atoms with van der Waals surface area (Å²) in [6.45, 7) is 12.6. The minimum Gasteiger partial charge on any atom is -0.391 e. The molecule has 0 radical (unpaired) electrons. The number of thiazole rings is 1. The number of sulfonamides is 1.